The molecule has 3 heterocycles. The van der Waals surface area contributed by atoms with E-state index < -0.39 is 11.7 Å². The Morgan fingerprint density at radius 3 is 2.51 bits per heavy atom. The predicted molar refractivity (Wildman–Crippen MR) is 137 cm³/mol. The van der Waals surface area contributed by atoms with Gasteiger partial charge in [0.1, 0.15) is 18.2 Å². The summed E-state index contributed by atoms with van der Waals surface area (Å²) in [6.45, 7) is 0.613. The molecule has 0 saturated carbocycles. The first kappa shape index (κ1) is 27.3. The number of halogens is 3. The SMILES string of the molecule is COCC(=O)NCCNc1nccc(-n2cc(-c3cnc(N)c(OC)c3)nc2-c2ccc(C(F)(F)F)cc2)n1. The molecule has 0 bridgehead atoms. The molecule has 0 saturated heterocycles. The first-order chi connectivity index (χ1) is 18.7. The molecule has 0 aliphatic carbocycles. The molecule has 0 fully saturated rings. The Morgan fingerprint density at radius 1 is 1.05 bits per heavy atom. The van der Waals surface area contributed by atoms with Gasteiger partial charge in [-0.15, -0.1) is 0 Å². The van der Waals surface area contributed by atoms with Crippen LogP contribution < -0.4 is 21.1 Å². The topological polar surface area (TPSA) is 142 Å². The number of amides is 1. The zero-order valence-corrected chi connectivity index (χ0v) is 21.0. The molecule has 0 spiro atoms. The van der Waals surface area contributed by atoms with E-state index in [1.807, 2.05) is 0 Å². The molecule has 4 N–H and O–H groups in total. The Hall–Kier alpha value is -4.72. The lowest BCUT2D eigenvalue weighted by Gasteiger charge is -2.11. The van der Waals surface area contributed by atoms with E-state index in [9.17, 15) is 18.0 Å². The summed E-state index contributed by atoms with van der Waals surface area (Å²) < 4.78 is 51.1. The van der Waals surface area contributed by atoms with E-state index in [2.05, 4.69) is 30.6 Å². The van der Waals surface area contributed by atoms with Gasteiger partial charge in [-0.05, 0) is 24.3 Å². The van der Waals surface area contributed by atoms with Crippen LogP contribution >= 0.6 is 0 Å². The second-order valence-electron chi connectivity index (χ2n) is 8.15. The number of nitrogen functional groups attached to an aromatic ring is 1. The number of carbonyl (C=O) groups is 1. The lowest BCUT2D eigenvalue weighted by atomic mass is 10.1. The van der Waals surface area contributed by atoms with Gasteiger partial charge in [0.05, 0.1) is 18.4 Å². The standard InChI is InChI=1S/C25H25F3N8O3/c1-38-14-21(37)30-9-10-32-24-31-8-7-20(35-24)36-13-18(16-11-19(39-2)22(29)33-12-16)34-23(36)15-3-5-17(6-4-15)25(26,27)28/h3-8,11-13H,9-10,14H2,1-2H3,(H2,29,33)(H,30,37)(H,31,32,35). The smallest absolute Gasteiger partial charge is 0.416 e. The molecule has 14 heteroatoms. The Bertz CT molecular complexity index is 1440. The number of ether oxygens (including phenoxy) is 2. The van der Waals surface area contributed by atoms with E-state index in [0.29, 0.717) is 47.3 Å². The minimum Gasteiger partial charge on any atom is -0.493 e. The van der Waals surface area contributed by atoms with Gasteiger partial charge in [0.25, 0.3) is 0 Å². The van der Waals surface area contributed by atoms with Gasteiger partial charge in [-0.3, -0.25) is 9.36 Å². The molecule has 0 unspecified atom stereocenters. The van der Waals surface area contributed by atoms with Crippen molar-refractivity contribution in [2.45, 2.75) is 6.18 Å². The molecule has 39 heavy (non-hydrogen) atoms. The fraction of sp³-hybridized carbons (Fsp3) is 0.240. The van der Waals surface area contributed by atoms with Crippen molar-refractivity contribution in [1.29, 1.82) is 0 Å². The van der Waals surface area contributed by atoms with E-state index >= 15 is 0 Å². The van der Waals surface area contributed by atoms with Crippen molar-refractivity contribution < 1.29 is 27.4 Å². The highest BCUT2D eigenvalue weighted by molar-refractivity contribution is 5.77. The van der Waals surface area contributed by atoms with Crippen molar-refractivity contribution in [2.75, 3.05) is 45.0 Å². The Morgan fingerprint density at radius 2 is 1.82 bits per heavy atom. The summed E-state index contributed by atoms with van der Waals surface area (Å²) in [5, 5.41) is 5.70. The molecule has 0 aliphatic heterocycles. The highest BCUT2D eigenvalue weighted by Crippen LogP contribution is 2.33. The van der Waals surface area contributed by atoms with Crippen LogP contribution in [0.4, 0.5) is 24.9 Å². The van der Waals surface area contributed by atoms with Crippen LogP contribution in [0.25, 0.3) is 28.5 Å². The number of methoxy groups -OCH3 is 2. The number of benzene rings is 1. The summed E-state index contributed by atoms with van der Waals surface area (Å²) in [4.78, 5) is 29.1. The zero-order valence-electron chi connectivity index (χ0n) is 21.0. The fourth-order valence-corrected chi connectivity index (χ4v) is 3.59. The number of anilines is 2. The quantitative estimate of drug-likeness (QED) is 0.258. The molecule has 0 aliphatic rings. The van der Waals surface area contributed by atoms with E-state index in [1.165, 1.54) is 38.7 Å². The van der Waals surface area contributed by atoms with Crippen molar-refractivity contribution in [3.63, 3.8) is 0 Å². The van der Waals surface area contributed by atoms with Crippen molar-refractivity contribution >= 4 is 17.7 Å². The number of hydrogen-bond donors (Lipinski definition) is 3. The van der Waals surface area contributed by atoms with Gasteiger partial charge in [-0.2, -0.15) is 18.2 Å². The first-order valence-electron chi connectivity index (χ1n) is 11.6. The lowest BCUT2D eigenvalue weighted by Crippen LogP contribution is -2.31. The van der Waals surface area contributed by atoms with Crippen LogP contribution in [0.5, 0.6) is 5.75 Å². The minimum atomic E-state index is -4.47. The number of hydrogen-bond acceptors (Lipinski definition) is 9. The summed E-state index contributed by atoms with van der Waals surface area (Å²) in [5.41, 5.74) is 6.53. The van der Waals surface area contributed by atoms with Crippen LogP contribution in [-0.4, -0.2) is 64.3 Å². The van der Waals surface area contributed by atoms with Gasteiger partial charge in [0.2, 0.25) is 11.9 Å². The summed E-state index contributed by atoms with van der Waals surface area (Å²) >= 11 is 0. The third kappa shape index (κ3) is 6.59. The molecule has 11 nitrogen and oxygen atoms in total. The van der Waals surface area contributed by atoms with Crippen LogP contribution in [0.1, 0.15) is 5.56 Å². The number of pyridine rings is 1. The third-order valence-electron chi connectivity index (χ3n) is 5.47. The average molecular weight is 543 g/mol. The van der Waals surface area contributed by atoms with Crippen LogP contribution in [-0.2, 0) is 15.7 Å². The van der Waals surface area contributed by atoms with Crippen molar-refractivity contribution in [3.8, 4) is 34.2 Å². The zero-order chi connectivity index (χ0) is 28.0. The molecule has 1 aromatic carbocycles. The van der Waals surface area contributed by atoms with E-state index in [-0.39, 0.29) is 24.3 Å². The molecule has 3 aromatic heterocycles. The maximum Gasteiger partial charge on any atom is 0.416 e. The highest BCUT2D eigenvalue weighted by atomic mass is 19.4. The Kier molecular flexibility index (Phi) is 8.24. The number of rotatable bonds is 10. The summed E-state index contributed by atoms with van der Waals surface area (Å²) in [7, 11) is 2.89. The number of nitrogens with zero attached hydrogens (tertiary/aromatic N) is 5. The number of alkyl halides is 3. The molecular weight excluding hydrogens is 517 g/mol. The molecule has 0 atom stereocenters. The molecule has 0 radical (unpaired) electrons. The maximum atomic E-state index is 13.1. The maximum absolute atomic E-state index is 13.1. The number of aromatic nitrogens is 5. The van der Waals surface area contributed by atoms with E-state index in [1.54, 1.807) is 22.9 Å². The van der Waals surface area contributed by atoms with Crippen LogP contribution in [0.15, 0.2) is 55.0 Å². The monoisotopic (exact) mass is 542 g/mol. The summed E-state index contributed by atoms with van der Waals surface area (Å²) in [6.07, 6.45) is 0.252. The number of nitrogens with two attached hydrogens (primary N) is 1. The molecule has 1 amide bonds. The normalized spacial score (nSPS) is 11.3. The van der Waals surface area contributed by atoms with Crippen molar-refractivity contribution in [1.82, 2.24) is 29.8 Å². The van der Waals surface area contributed by atoms with Gasteiger partial charge in [-0.25, -0.2) is 15.0 Å². The van der Waals surface area contributed by atoms with Crippen molar-refractivity contribution in [3.05, 3.63) is 60.6 Å². The summed E-state index contributed by atoms with van der Waals surface area (Å²) in [6, 6.07) is 7.97. The van der Waals surface area contributed by atoms with E-state index in [4.69, 9.17) is 15.2 Å². The van der Waals surface area contributed by atoms with Gasteiger partial charge >= 0.3 is 6.18 Å². The lowest BCUT2D eigenvalue weighted by molar-refractivity contribution is -0.137. The fourth-order valence-electron chi connectivity index (χ4n) is 3.59. The van der Waals surface area contributed by atoms with Crippen LogP contribution in [0.3, 0.4) is 0 Å². The van der Waals surface area contributed by atoms with Crippen molar-refractivity contribution in [2.24, 2.45) is 0 Å². The number of carbonyl (C=O) groups excluding carboxylic acids is 1. The van der Waals surface area contributed by atoms with Crippen LogP contribution in [0, 0.1) is 0 Å². The molecule has 4 aromatic rings. The number of imidazole rings is 1. The Labute approximate surface area is 221 Å². The van der Waals surface area contributed by atoms with Gasteiger partial charge < -0.3 is 25.8 Å². The van der Waals surface area contributed by atoms with Crippen LogP contribution in [0.2, 0.25) is 0 Å². The largest absolute Gasteiger partial charge is 0.493 e. The predicted octanol–water partition coefficient (Wildman–Crippen LogP) is 3.18. The molecular formula is C25H25F3N8O3. The molecule has 4 rings (SSSR count). The Balaban J connectivity index is 1.68. The minimum absolute atomic E-state index is 0.0446. The summed E-state index contributed by atoms with van der Waals surface area (Å²) in [5.74, 6) is 1.32. The number of nitrogens with one attached hydrogen (secondary N) is 2. The third-order valence-corrected chi connectivity index (χ3v) is 5.47. The first-order valence-corrected chi connectivity index (χ1v) is 11.6. The van der Waals surface area contributed by atoms with Gasteiger partial charge in [0.15, 0.2) is 11.6 Å². The second kappa shape index (κ2) is 11.8. The van der Waals surface area contributed by atoms with Gasteiger partial charge in [-0.1, -0.05) is 12.1 Å². The van der Waals surface area contributed by atoms with Gasteiger partial charge in [0, 0.05) is 49.9 Å². The highest BCUT2D eigenvalue weighted by Gasteiger charge is 2.30. The average Bonchev–Trinajstić information content (AvgIpc) is 3.37. The second-order valence-corrected chi connectivity index (χ2v) is 8.15. The molecule has 204 valence electrons. The van der Waals surface area contributed by atoms with E-state index in [0.717, 1.165) is 12.1 Å².